The van der Waals surface area contributed by atoms with Crippen LogP contribution in [0.5, 0.6) is 11.5 Å². The maximum absolute atomic E-state index is 11.7. The van der Waals surface area contributed by atoms with Crippen molar-refractivity contribution in [1.82, 2.24) is 0 Å². The molecule has 0 aliphatic rings. The minimum absolute atomic E-state index is 0.122. The van der Waals surface area contributed by atoms with Crippen LogP contribution in [-0.4, -0.2) is 28.4 Å². The molecular formula is C24H23ClN4O4. The highest BCUT2D eigenvalue weighted by Gasteiger charge is 2.12. The molecule has 0 saturated carbocycles. The van der Waals surface area contributed by atoms with Crippen molar-refractivity contribution >= 4 is 46.3 Å². The van der Waals surface area contributed by atoms with Gasteiger partial charge in [0.25, 0.3) is 5.91 Å². The molecule has 170 valence electrons. The smallest absolute Gasteiger partial charge is 0.307 e. The third-order valence-corrected chi connectivity index (χ3v) is 4.39. The number of nitrogen functional groups attached to an aromatic ring is 1. The lowest BCUT2D eigenvalue weighted by atomic mass is 10.1. The van der Waals surface area contributed by atoms with Gasteiger partial charge in [0.15, 0.2) is 0 Å². The first-order chi connectivity index (χ1) is 15.7. The lowest BCUT2D eigenvalue weighted by molar-refractivity contribution is -0.136. The molecule has 8 nitrogen and oxygen atoms in total. The van der Waals surface area contributed by atoms with Crippen molar-refractivity contribution in [3.05, 3.63) is 83.4 Å². The Kier molecular flexibility index (Phi) is 9.14. The molecule has 0 spiro atoms. The molecule has 0 fully saturated rings. The fourth-order valence-electron chi connectivity index (χ4n) is 2.46. The van der Waals surface area contributed by atoms with Gasteiger partial charge in [-0.1, -0.05) is 35.9 Å². The molecule has 0 saturated heterocycles. The minimum atomic E-state index is -0.946. The third kappa shape index (κ3) is 8.47. The Labute approximate surface area is 196 Å². The average molecular weight is 467 g/mol. The van der Waals surface area contributed by atoms with Crippen LogP contribution in [0, 0.1) is 10.8 Å². The Bertz CT molecular complexity index is 1150. The van der Waals surface area contributed by atoms with E-state index in [1.54, 1.807) is 36.4 Å². The molecule has 1 amide bonds. The second-order valence-electron chi connectivity index (χ2n) is 6.83. The summed E-state index contributed by atoms with van der Waals surface area (Å²) < 4.78 is 5.65. The highest BCUT2D eigenvalue weighted by atomic mass is 35.5. The molecule has 3 aromatic carbocycles. The number of nitrogens with one attached hydrogen (secondary N) is 3. The Morgan fingerprint density at radius 2 is 1.67 bits per heavy atom. The van der Waals surface area contributed by atoms with Gasteiger partial charge in [0, 0.05) is 11.4 Å². The van der Waals surface area contributed by atoms with E-state index in [0.29, 0.717) is 22.7 Å². The van der Waals surface area contributed by atoms with Crippen molar-refractivity contribution in [2.45, 2.75) is 13.3 Å². The van der Waals surface area contributed by atoms with E-state index in [0.717, 1.165) is 5.69 Å². The van der Waals surface area contributed by atoms with Crippen molar-refractivity contribution in [2.24, 2.45) is 0 Å². The van der Waals surface area contributed by atoms with Gasteiger partial charge in [-0.3, -0.25) is 15.0 Å². The number of anilines is 2. The number of rotatable bonds is 7. The number of carboxylic acid groups (broad SMARTS) is 1. The molecule has 0 radical (unpaired) electrons. The summed E-state index contributed by atoms with van der Waals surface area (Å²) in [4.78, 5) is 22.4. The van der Waals surface area contributed by atoms with Gasteiger partial charge >= 0.3 is 5.97 Å². The van der Waals surface area contributed by atoms with Gasteiger partial charge in [-0.05, 0) is 61.0 Å². The van der Waals surface area contributed by atoms with Crippen LogP contribution in [0.15, 0.2) is 72.8 Å². The standard InChI is InChI=1S/C18H16ClN3O4.C6H7N/c1-10(20)17(21)18(25)22-12-3-5-13(6-4-12)26-15-7-2-11(8-14(15)19)9-16(23)24;7-6-4-2-1-3-5-6/h2-8,20-21H,9H2,1H3,(H,22,25)(H,23,24);1-5H,7H2. The number of hydrogen-bond acceptors (Lipinski definition) is 6. The van der Waals surface area contributed by atoms with E-state index in [9.17, 15) is 9.59 Å². The second kappa shape index (κ2) is 12.0. The maximum Gasteiger partial charge on any atom is 0.307 e. The van der Waals surface area contributed by atoms with Crippen LogP contribution in [0.4, 0.5) is 11.4 Å². The predicted octanol–water partition coefficient (Wildman–Crippen LogP) is 5.03. The predicted molar refractivity (Wildman–Crippen MR) is 130 cm³/mol. The fraction of sp³-hybridized carbons (Fsp3) is 0.0833. The zero-order valence-electron chi connectivity index (χ0n) is 17.8. The second-order valence-corrected chi connectivity index (χ2v) is 7.23. The van der Waals surface area contributed by atoms with E-state index in [2.05, 4.69) is 5.32 Å². The first-order valence-corrected chi connectivity index (χ1v) is 10.1. The first kappa shape index (κ1) is 25.1. The van der Waals surface area contributed by atoms with Crippen LogP contribution in [0.2, 0.25) is 5.02 Å². The van der Waals surface area contributed by atoms with E-state index in [1.807, 2.05) is 30.3 Å². The molecule has 0 unspecified atom stereocenters. The summed E-state index contributed by atoms with van der Waals surface area (Å²) in [5.41, 5.74) is 6.68. The number of benzene rings is 3. The normalized spacial score (nSPS) is 9.76. The van der Waals surface area contributed by atoms with Crippen molar-refractivity contribution < 1.29 is 19.4 Å². The van der Waals surface area contributed by atoms with Gasteiger partial charge in [-0.2, -0.15) is 0 Å². The summed E-state index contributed by atoms with van der Waals surface area (Å²) in [6.07, 6.45) is -0.126. The zero-order chi connectivity index (χ0) is 24.4. The molecule has 0 bridgehead atoms. The lowest BCUT2D eigenvalue weighted by Gasteiger charge is -2.10. The molecule has 0 aliphatic heterocycles. The monoisotopic (exact) mass is 466 g/mol. The SMILES string of the molecule is CC(=N)C(=N)C(=O)Nc1ccc(Oc2ccc(CC(=O)O)cc2Cl)cc1.Nc1ccccc1. The molecule has 3 rings (SSSR count). The van der Waals surface area contributed by atoms with Crippen LogP contribution in [0.25, 0.3) is 0 Å². The van der Waals surface area contributed by atoms with Crippen molar-refractivity contribution in [1.29, 1.82) is 10.8 Å². The minimum Gasteiger partial charge on any atom is -0.481 e. The number of hydrogen-bond donors (Lipinski definition) is 5. The van der Waals surface area contributed by atoms with Crippen LogP contribution in [0.1, 0.15) is 12.5 Å². The molecular weight excluding hydrogens is 444 g/mol. The van der Waals surface area contributed by atoms with E-state index in [-0.39, 0.29) is 17.2 Å². The maximum atomic E-state index is 11.7. The average Bonchev–Trinajstić information content (AvgIpc) is 2.77. The molecule has 0 aromatic heterocycles. The number of nitrogens with two attached hydrogens (primary N) is 1. The Morgan fingerprint density at radius 1 is 1.03 bits per heavy atom. The number of carboxylic acids is 1. The van der Waals surface area contributed by atoms with Crippen LogP contribution in [0.3, 0.4) is 0 Å². The summed E-state index contributed by atoms with van der Waals surface area (Å²) in [7, 11) is 0. The van der Waals surface area contributed by atoms with Gasteiger partial charge in [0.1, 0.15) is 17.2 Å². The highest BCUT2D eigenvalue weighted by Crippen LogP contribution is 2.30. The Morgan fingerprint density at radius 3 is 2.15 bits per heavy atom. The van der Waals surface area contributed by atoms with E-state index in [4.69, 9.17) is 38.0 Å². The van der Waals surface area contributed by atoms with Gasteiger partial charge in [0.05, 0.1) is 17.2 Å². The lowest BCUT2D eigenvalue weighted by Crippen LogP contribution is -2.27. The molecule has 3 aromatic rings. The number of carbonyl (C=O) groups excluding carboxylic acids is 1. The van der Waals surface area contributed by atoms with Crippen LogP contribution in [-0.2, 0) is 16.0 Å². The molecule has 0 atom stereocenters. The highest BCUT2D eigenvalue weighted by molar-refractivity contribution is 6.66. The summed E-state index contributed by atoms with van der Waals surface area (Å²) in [5, 5.41) is 26.3. The fourth-order valence-corrected chi connectivity index (χ4v) is 2.70. The summed E-state index contributed by atoms with van der Waals surface area (Å²) >= 11 is 6.11. The number of amides is 1. The van der Waals surface area contributed by atoms with Crippen LogP contribution < -0.4 is 15.8 Å². The number of halogens is 1. The number of ether oxygens (including phenoxy) is 1. The van der Waals surface area contributed by atoms with Gasteiger partial charge in [-0.15, -0.1) is 0 Å². The number of para-hydroxylation sites is 1. The third-order valence-electron chi connectivity index (χ3n) is 4.09. The molecule has 6 N–H and O–H groups in total. The zero-order valence-corrected chi connectivity index (χ0v) is 18.5. The first-order valence-electron chi connectivity index (χ1n) is 9.69. The molecule has 0 heterocycles. The molecule has 0 aliphatic carbocycles. The largest absolute Gasteiger partial charge is 0.481 e. The molecule has 9 heteroatoms. The van der Waals surface area contributed by atoms with Crippen molar-refractivity contribution in [3.8, 4) is 11.5 Å². The Hall–Kier alpha value is -4.17. The summed E-state index contributed by atoms with van der Waals surface area (Å²) in [5.74, 6) is -0.769. The molecule has 33 heavy (non-hydrogen) atoms. The Balaban J connectivity index is 0.000000468. The van der Waals surface area contributed by atoms with Crippen molar-refractivity contribution in [2.75, 3.05) is 11.1 Å². The summed E-state index contributed by atoms with van der Waals surface area (Å²) in [6, 6.07) is 20.6. The van der Waals surface area contributed by atoms with E-state index >= 15 is 0 Å². The topological polar surface area (TPSA) is 149 Å². The van der Waals surface area contributed by atoms with Gasteiger partial charge < -0.3 is 26.3 Å². The summed E-state index contributed by atoms with van der Waals surface area (Å²) in [6.45, 7) is 1.37. The number of carbonyl (C=O) groups is 2. The quantitative estimate of drug-likeness (QED) is 0.244. The number of aliphatic carboxylic acids is 1. The van der Waals surface area contributed by atoms with E-state index < -0.39 is 17.6 Å². The van der Waals surface area contributed by atoms with E-state index in [1.165, 1.54) is 13.0 Å². The van der Waals surface area contributed by atoms with Gasteiger partial charge in [-0.25, -0.2) is 0 Å². The van der Waals surface area contributed by atoms with Crippen LogP contribution >= 0.6 is 11.6 Å². The van der Waals surface area contributed by atoms with Gasteiger partial charge in [0.2, 0.25) is 0 Å². The van der Waals surface area contributed by atoms with Crippen molar-refractivity contribution in [3.63, 3.8) is 0 Å².